The van der Waals surface area contributed by atoms with Crippen molar-refractivity contribution < 1.29 is 14.3 Å². The first-order chi connectivity index (χ1) is 10.2. The number of allylic oxidation sites excluding steroid dienone is 2. The van der Waals surface area contributed by atoms with Crippen molar-refractivity contribution in [2.75, 3.05) is 11.5 Å². The maximum absolute atomic E-state index is 13.5. The van der Waals surface area contributed by atoms with Crippen LogP contribution in [0.25, 0.3) is 0 Å². The molecule has 1 N–H and O–H groups in total. The van der Waals surface area contributed by atoms with Crippen molar-refractivity contribution in [2.45, 2.75) is 77.3 Å². The van der Waals surface area contributed by atoms with Gasteiger partial charge in [0.25, 0.3) is 0 Å². The van der Waals surface area contributed by atoms with Gasteiger partial charge in [-0.25, -0.2) is 4.39 Å². The molecule has 0 aromatic heterocycles. The fourth-order valence-electron chi connectivity index (χ4n) is 1.99. The normalized spacial score (nSPS) is 12.9. The second-order valence-corrected chi connectivity index (χ2v) is 6.63. The largest absolute Gasteiger partial charge is 0.481 e. The lowest BCUT2D eigenvalue weighted by Crippen LogP contribution is -2.01. The SMILES string of the molecule is CCCCCCCC/C=C\CC(F)CCSCCC(=O)O. The van der Waals surface area contributed by atoms with E-state index in [-0.39, 0.29) is 6.42 Å². The highest BCUT2D eigenvalue weighted by atomic mass is 32.2. The standard InChI is InChI=1S/C17H31FO2S/c1-2-3-4-5-6-7-8-9-10-11-16(18)12-14-21-15-13-17(19)20/h9-10,16H,2-8,11-15H2,1H3,(H,19,20)/b10-9-. The smallest absolute Gasteiger partial charge is 0.304 e. The average Bonchev–Trinajstić information content (AvgIpc) is 2.45. The number of aliphatic carboxylic acids is 1. The van der Waals surface area contributed by atoms with Crippen molar-refractivity contribution in [1.29, 1.82) is 0 Å². The summed E-state index contributed by atoms with van der Waals surface area (Å²) in [6, 6.07) is 0. The summed E-state index contributed by atoms with van der Waals surface area (Å²) in [4.78, 5) is 10.3. The van der Waals surface area contributed by atoms with Crippen LogP contribution in [0.2, 0.25) is 0 Å². The van der Waals surface area contributed by atoms with Gasteiger partial charge in [-0.15, -0.1) is 0 Å². The molecular formula is C17H31FO2S. The number of alkyl halides is 1. The van der Waals surface area contributed by atoms with Gasteiger partial charge in [-0.05, 0) is 31.4 Å². The molecule has 0 saturated carbocycles. The van der Waals surface area contributed by atoms with Crippen molar-refractivity contribution in [3.8, 4) is 0 Å². The molecule has 0 radical (unpaired) electrons. The summed E-state index contributed by atoms with van der Waals surface area (Å²) in [6.45, 7) is 2.22. The van der Waals surface area contributed by atoms with Gasteiger partial charge < -0.3 is 5.11 Å². The molecule has 0 fully saturated rings. The number of hydrogen-bond acceptors (Lipinski definition) is 2. The number of halogens is 1. The molecule has 2 nitrogen and oxygen atoms in total. The Kier molecular flexibility index (Phi) is 15.5. The third-order valence-corrected chi connectivity index (χ3v) is 4.34. The highest BCUT2D eigenvalue weighted by molar-refractivity contribution is 7.99. The van der Waals surface area contributed by atoms with Gasteiger partial charge >= 0.3 is 5.97 Å². The van der Waals surface area contributed by atoms with E-state index in [9.17, 15) is 9.18 Å². The van der Waals surface area contributed by atoms with E-state index in [1.807, 2.05) is 6.08 Å². The Labute approximate surface area is 133 Å². The minimum atomic E-state index is -0.789. The monoisotopic (exact) mass is 318 g/mol. The first-order valence-corrected chi connectivity index (χ1v) is 9.40. The lowest BCUT2D eigenvalue weighted by Gasteiger charge is -2.04. The highest BCUT2D eigenvalue weighted by Crippen LogP contribution is 2.12. The average molecular weight is 318 g/mol. The van der Waals surface area contributed by atoms with Gasteiger partial charge in [0.05, 0.1) is 6.42 Å². The Balaban J connectivity index is 3.29. The summed E-state index contributed by atoms with van der Waals surface area (Å²) < 4.78 is 13.5. The lowest BCUT2D eigenvalue weighted by atomic mass is 10.1. The zero-order chi connectivity index (χ0) is 15.8. The van der Waals surface area contributed by atoms with Crippen LogP contribution in [0.1, 0.15) is 71.1 Å². The predicted molar refractivity (Wildman–Crippen MR) is 90.8 cm³/mol. The van der Waals surface area contributed by atoms with Crippen LogP contribution < -0.4 is 0 Å². The molecule has 0 spiro atoms. The summed E-state index contributed by atoms with van der Waals surface area (Å²) >= 11 is 1.52. The van der Waals surface area contributed by atoms with Gasteiger partial charge in [0.15, 0.2) is 0 Å². The second-order valence-electron chi connectivity index (χ2n) is 5.41. The van der Waals surface area contributed by atoms with E-state index in [1.165, 1.54) is 50.3 Å². The molecule has 0 amide bonds. The van der Waals surface area contributed by atoms with Crippen molar-refractivity contribution in [3.05, 3.63) is 12.2 Å². The fraction of sp³-hybridized carbons (Fsp3) is 0.824. The minimum absolute atomic E-state index is 0.166. The van der Waals surface area contributed by atoms with Gasteiger partial charge in [-0.2, -0.15) is 11.8 Å². The highest BCUT2D eigenvalue weighted by Gasteiger charge is 2.04. The van der Waals surface area contributed by atoms with Crippen LogP contribution in [0, 0.1) is 0 Å². The third kappa shape index (κ3) is 17.4. The fourth-order valence-corrected chi connectivity index (χ4v) is 2.94. The van der Waals surface area contributed by atoms with E-state index in [2.05, 4.69) is 13.0 Å². The summed E-state index contributed by atoms with van der Waals surface area (Å²) in [6.07, 6.45) is 13.3. The number of rotatable bonds is 15. The van der Waals surface area contributed by atoms with E-state index in [4.69, 9.17) is 5.11 Å². The first kappa shape index (κ1) is 20.5. The summed E-state index contributed by atoms with van der Waals surface area (Å²) in [7, 11) is 0. The van der Waals surface area contributed by atoms with Crippen LogP contribution in [-0.4, -0.2) is 28.8 Å². The van der Waals surface area contributed by atoms with Gasteiger partial charge in [0.2, 0.25) is 0 Å². The molecule has 0 rings (SSSR count). The quantitative estimate of drug-likeness (QED) is 0.314. The number of carboxylic acids is 1. The number of carbonyl (C=O) groups is 1. The summed E-state index contributed by atoms with van der Waals surface area (Å²) in [5, 5.41) is 8.47. The van der Waals surface area contributed by atoms with Crippen LogP contribution in [0.4, 0.5) is 4.39 Å². The molecule has 124 valence electrons. The third-order valence-electron chi connectivity index (χ3n) is 3.32. The minimum Gasteiger partial charge on any atom is -0.481 e. The molecule has 0 aromatic rings. The number of carboxylic acid groups (broad SMARTS) is 1. The molecule has 0 aliphatic heterocycles. The molecule has 1 atom stereocenters. The Bertz CT molecular complexity index is 270. The molecule has 21 heavy (non-hydrogen) atoms. The molecule has 0 aromatic carbocycles. The van der Waals surface area contributed by atoms with E-state index in [0.717, 1.165) is 6.42 Å². The molecule has 0 bridgehead atoms. The molecule has 0 aliphatic rings. The number of hydrogen-bond donors (Lipinski definition) is 1. The molecular weight excluding hydrogens is 287 g/mol. The van der Waals surface area contributed by atoms with Gasteiger partial charge in [0, 0.05) is 5.75 Å². The van der Waals surface area contributed by atoms with Gasteiger partial charge in [-0.3, -0.25) is 4.79 Å². The molecule has 0 aliphatic carbocycles. The predicted octanol–water partition coefficient (Wildman–Crippen LogP) is 5.62. The first-order valence-electron chi connectivity index (χ1n) is 8.25. The zero-order valence-electron chi connectivity index (χ0n) is 13.4. The second kappa shape index (κ2) is 15.9. The maximum Gasteiger partial charge on any atom is 0.304 e. The van der Waals surface area contributed by atoms with Crippen LogP contribution in [0.3, 0.4) is 0 Å². The van der Waals surface area contributed by atoms with Crippen LogP contribution >= 0.6 is 11.8 Å². The van der Waals surface area contributed by atoms with Crippen molar-refractivity contribution in [3.63, 3.8) is 0 Å². The van der Waals surface area contributed by atoms with Gasteiger partial charge in [0.1, 0.15) is 6.17 Å². The molecule has 0 heterocycles. The van der Waals surface area contributed by atoms with Crippen LogP contribution in [0.15, 0.2) is 12.2 Å². The van der Waals surface area contributed by atoms with Gasteiger partial charge in [-0.1, -0.05) is 51.2 Å². The Hall–Kier alpha value is -0.510. The molecule has 1 unspecified atom stereocenters. The summed E-state index contributed by atoms with van der Waals surface area (Å²) in [5.74, 6) is 0.507. The van der Waals surface area contributed by atoms with Crippen LogP contribution in [-0.2, 0) is 4.79 Å². The van der Waals surface area contributed by atoms with E-state index >= 15 is 0 Å². The van der Waals surface area contributed by atoms with Crippen molar-refractivity contribution in [2.24, 2.45) is 0 Å². The van der Waals surface area contributed by atoms with Crippen molar-refractivity contribution in [1.82, 2.24) is 0 Å². The Morgan fingerprint density at radius 3 is 2.57 bits per heavy atom. The molecule has 0 saturated heterocycles. The Morgan fingerprint density at radius 2 is 1.86 bits per heavy atom. The number of unbranched alkanes of at least 4 members (excludes halogenated alkanes) is 6. The molecule has 4 heteroatoms. The number of thioether (sulfide) groups is 1. The topological polar surface area (TPSA) is 37.3 Å². The van der Waals surface area contributed by atoms with E-state index in [0.29, 0.717) is 24.3 Å². The Morgan fingerprint density at radius 1 is 1.14 bits per heavy atom. The van der Waals surface area contributed by atoms with E-state index in [1.54, 1.807) is 0 Å². The van der Waals surface area contributed by atoms with Crippen molar-refractivity contribution >= 4 is 17.7 Å². The zero-order valence-corrected chi connectivity index (χ0v) is 14.2. The van der Waals surface area contributed by atoms with E-state index < -0.39 is 12.1 Å². The maximum atomic E-state index is 13.5. The van der Waals surface area contributed by atoms with Crippen LogP contribution in [0.5, 0.6) is 0 Å². The summed E-state index contributed by atoms with van der Waals surface area (Å²) in [5.41, 5.74) is 0. The lowest BCUT2D eigenvalue weighted by molar-refractivity contribution is -0.136.